The molecule has 2 aromatic rings. The topological polar surface area (TPSA) is 72.2 Å². The van der Waals surface area contributed by atoms with Gasteiger partial charge in [-0.1, -0.05) is 17.7 Å². The van der Waals surface area contributed by atoms with E-state index in [1.54, 1.807) is 18.2 Å². The molecule has 0 saturated heterocycles. The van der Waals surface area contributed by atoms with Gasteiger partial charge < -0.3 is 5.73 Å². The second-order valence-corrected chi connectivity index (χ2v) is 6.23. The van der Waals surface area contributed by atoms with Crippen LogP contribution < -0.4 is 10.5 Å². The van der Waals surface area contributed by atoms with Crippen molar-refractivity contribution in [2.24, 2.45) is 0 Å². The van der Waals surface area contributed by atoms with Gasteiger partial charge in [-0.2, -0.15) is 0 Å². The molecule has 19 heavy (non-hydrogen) atoms. The van der Waals surface area contributed by atoms with Crippen LogP contribution in [-0.4, -0.2) is 8.42 Å². The number of hydrogen-bond donors (Lipinski definition) is 2. The van der Waals surface area contributed by atoms with Gasteiger partial charge in [-0.25, -0.2) is 8.42 Å². The fraction of sp³-hybridized carbons (Fsp3) is 0.0769. The Kier molecular flexibility index (Phi) is 3.68. The minimum absolute atomic E-state index is 0.151. The molecule has 0 aliphatic heterocycles. The SMILES string of the molecule is Cc1ccc(NS(=O)(=O)c2ccc(N)cc2)cc1Cl. The quantitative estimate of drug-likeness (QED) is 0.855. The number of sulfonamides is 1. The molecule has 2 rings (SSSR count). The van der Waals surface area contributed by atoms with Crippen LogP contribution in [0.2, 0.25) is 5.02 Å². The van der Waals surface area contributed by atoms with Gasteiger partial charge in [0.2, 0.25) is 0 Å². The summed E-state index contributed by atoms with van der Waals surface area (Å²) >= 11 is 5.96. The van der Waals surface area contributed by atoms with Gasteiger partial charge in [0.25, 0.3) is 10.0 Å². The molecule has 3 N–H and O–H groups in total. The van der Waals surface area contributed by atoms with Crippen molar-refractivity contribution >= 4 is 33.0 Å². The lowest BCUT2D eigenvalue weighted by Crippen LogP contribution is -2.12. The average Bonchev–Trinajstić information content (AvgIpc) is 2.34. The van der Waals surface area contributed by atoms with Gasteiger partial charge in [0, 0.05) is 10.7 Å². The fourth-order valence-corrected chi connectivity index (χ4v) is 2.75. The Morgan fingerprint density at radius 2 is 1.74 bits per heavy atom. The highest BCUT2D eigenvalue weighted by atomic mass is 35.5. The van der Waals surface area contributed by atoms with E-state index in [-0.39, 0.29) is 4.90 Å². The summed E-state index contributed by atoms with van der Waals surface area (Å²) in [7, 11) is -3.62. The van der Waals surface area contributed by atoms with E-state index in [0.29, 0.717) is 16.4 Å². The lowest BCUT2D eigenvalue weighted by Gasteiger charge is -2.09. The molecule has 0 spiro atoms. The first kappa shape index (κ1) is 13.7. The number of hydrogen-bond acceptors (Lipinski definition) is 3. The van der Waals surface area contributed by atoms with Crippen molar-refractivity contribution in [3.63, 3.8) is 0 Å². The van der Waals surface area contributed by atoms with Crippen molar-refractivity contribution in [1.29, 1.82) is 0 Å². The number of aryl methyl sites for hydroxylation is 1. The Bertz CT molecular complexity index is 697. The maximum atomic E-state index is 12.1. The molecule has 0 heterocycles. The molecule has 0 saturated carbocycles. The van der Waals surface area contributed by atoms with Crippen molar-refractivity contribution in [1.82, 2.24) is 0 Å². The Labute approximate surface area is 117 Å². The van der Waals surface area contributed by atoms with Crippen LogP contribution in [0.3, 0.4) is 0 Å². The van der Waals surface area contributed by atoms with Crippen molar-refractivity contribution < 1.29 is 8.42 Å². The monoisotopic (exact) mass is 296 g/mol. The van der Waals surface area contributed by atoms with Gasteiger partial charge in [0.1, 0.15) is 0 Å². The van der Waals surface area contributed by atoms with Crippen LogP contribution in [0.1, 0.15) is 5.56 Å². The Morgan fingerprint density at radius 1 is 1.11 bits per heavy atom. The zero-order valence-electron chi connectivity index (χ0n) is 10.2. The summed E-state index contributed by atoms with van der Waals surface area (Å²) in [5, 5.41) is 0.512. The van der Waals surface area contributed by atoms with E-state index in [1.165, 1.54) is 24.3 Å². The minimum Gasteiger partial charge on any atom is -0.399 e. The second kappa shape index (κ2) is 5.11. The van der Waals surface area contributed by atoms with Crippen LogP contribution >= 0.6 is 11.6 Å². The van der Waals surface area contributed by atoms with Gasteiger partial charge in [0.05, 0.1) is 10.6 Å². The van der Waals surface area contributed by atoms with Gasteiger partial charge in [-0.05, 0) is 48.9 Å². The number of nitrogens with one attached hydrogen (secondary N) is 1. The smallest absolute Gasteiger partial charge is 0.261 e. The normalized spacial score (nSPS) is 11.3. The van der Waals surface area contributed by atoms with Crippen LogP contribution in [0.4, 0.5) is 11.4 Å². The average molecular weight is 297 g/mol. The van der Waals surface area contributed by atoms with Crippen LogP contribution in [-0.2, 0) is 10.0 Å². The molecule has 0 aliphatic carbocycles. The lowest BCUT2D eigenvalue weighted by atomic mass is 10.2. The third kappa shape index (κ3) is 3.19. The molecule has 0 bridgehead atoms. The summed E-state index contributed by atoms with van der Waals surface area (Å²) < 4.78 is 26.7. The number of nitrogens with two attached hydrogens (primary N) is 1. The van der Waals surface area contributed by atoms with Crippen LogP contribution in [0.25, 0.3) is 0 Å². The van der Waals surface area contributed by atoms with E-state index in [2.05, 4.69) is 4.72 Å². The molecule has 6 heteroatoms. The molecule has 100 valence electrons. The molecule has 0 fully saturated rings. The van der Waals surface area contributed by atoms with Crippen LogP contribution in [0.15, 0.2) is 47.4 Å². The van der Waals surface area contributed by atoms with Crippen LogP contribution in [0, 0.1) is 6.92 Å². The summed E-state index contributed by atoms with van der Waals surface area (Å²) in [4.78, 5) is 0.151. The molecule has 0 atom stereocenters. The summed E-state index contributed by atoms with van der Waals surface area (Å²) in [5.74, 6) is 0. The van der Waals surface area contributed by atoms with E-state index in [0.717, 1.165) is 5.56 Å². The lowest BCUT2D eigenvalue weighted by molar-refractivity contribution is 0.601. The molecule has 0 aromatic heterocycles. The van der Waals surface area contributed by atoms with E-state index < -0.39 is 10.0 Å². The first-order valence-electron chi connectivity index (χ1n) is 5.53. The zero-order chi connectivity index (χ0) is 14.0. The molecule has 0 radical (unpaired) electrons. The summed E-state index contributed by atoms with van der Waals surface area (Å²) in [5.41, 5.74) is 7.35. The zero-order valence-corrected chi connectivity index (χ0v) is 11.8. The van der Waals surface area contributed by atoms with Crippen molar-refractivity contribution in [3.05, 3.63) is 53.1 Å². The van der Waals surface area contributed by atoms with Gasteiger partial charge in [-0.3, -0.25) is 4.72 Å². The van der Waals surface area contributed by atoms with E-state index in [9.17, 15) is 8.42 Å². The summed E-state index contributed by atoms with van der Waals surface area (Å²) in [6.07, 6.45) is 0. The van der Waals surface area contributed by atoms with E-state index in [1.807, 2.05) is 6.92 Å². The Hall–Kier alpha value is -1.72. The molecule has 0 aliphatic rings. The van der Waals surface area contributed by atoms with Gasteiger partial charge in [-0.15, -0.1) is 0 Å². The largest absolute Gasteiger partial charge is 0.399 e. The molecular weight excluding hydrogens is 284 g/mol. The first-order chi connectivity index (χ1) is 8.88. The highest BCUT2D eigenvalue weighted by Gasteiger charge is 2.14. The van der Waals surface area contributed by atoms with Crippen molar-refractivity contribution in [2.45, 2.75) is 11.8 Å². The second-order valence-electron chi connectivity index (χ2n) is 4.14. The summed E-state index contributed by atoms with van der Waals surface area (Å²) in [6.45, 7) is 1.85. The number of nitrogen functional groups attached to an aromatic ring is 1. The standard InChI is InChI=1S/C13H13ClN2O2S/c1-9-2-5-11(8-13(9)14)16-19(17,18)12-6-3-10(15)4-7-12/h2-8,16H,15H2,1H3. The molecular formula is C13H13ClN2O2S. The molecule has 2 aromatic carbocycles. The van der Waals surface area contributed by atoms with E-state index in [4.69, 9.17) is 17.3 Å². The Balaban J connectivity index is 2.30. The highest BCUT2D eigenvalue weighted by molar-refractivity contribution is 7.92. The number of rotatable bonds is 3. The minimum atomic E-state index is -3.62. The van der Waals surface area contributed by atoms with Crippen LogP contribution in [0.5, 0.6) is 0 Å². The third-order valence-electron chi connectivity index (χ3n) is 2.61. The number of halogens is 1. The maximum absolute atomic E-state index is 12.1. The molecule has 4 nitrogen and oxygen atoms in total. The number of benzene rings is 2. The molecule has 0 amide bonds. The Morgan fingerprint density at radius 3 is 2.32 bits per heavy atom. The first-order valence-corrected chi connectivity index (χ1v) is 7.39. The van der Waals surface area contributed by atoms with Crippen molar-refractivity contribution in [3.8, 4) is 0 Å². The highest BCUT2D eigenvalue weighted by Crippen LogP contribution is 2.22. The predicted octanol–water partition coefficient (Wildman–Crippen LogP) is 3.03. The summed E-state index contributed by atoms with van der Waals surface area (Å²) in [6, 6.07) is 11.0. The van der Waals surface area contributed by atoms with Gasteiger partial charge in [0.15, 0.2) is 0 Å². The third-order valence-corrected chi connectivity index (χ3v) is 4.42. The predicted molar refractivity (Wildman–Crippen MR) is 77.9 cm³/mol. The number of anilines is 2. The fourth-order valence-electron chi connectivity index (χ4n) is 1.52. The maximum Gasteiger partial charge on any atom is 0.261 e. The van der Waals surface area contributed by atoms with Crippen molar-refractivity contribution in [2.75, 3.05) is 10.5 Å². The van der Waals surface area contributed by atoms with E-state index >= 15 is 0 Å². The van der Waals surface area contributed by atoms with Gasteiger partial charge >= 0.3 is 0 Å². The molecule has 0 unspecified atom stereocenters.